The molecule has 13 heavy (non-hydrogen) atoms. The second kappa shape index (κ2) is 4.01. The number of hydrogen-bond donors (Lipinski definition) is 1. The van der Waals surface area contributed by atoms with Crippen LogP contribution in [-0.2, 0) is 0 Å². The molecule has 74 valence electrons. The lowest BCUT2D eigenvalue weighted by Crippen LogP contribution is -2.42. The molecule has 0 aliphatic heterocycles. The lowest BCUT2D eigenvalue weighted by Gasteiger charge is -2.38. The van der Waals surface area contributed by atoms with Crippen LogP contribution < -0.4 is 0 Å². The van der Waals surface area contributed by atoms with Gasteiger partial charge in [0.25, 0.3) is 0 Å². The van der Waals surface area contributed by atoms with Gasteiger partial charge in [-0.05, 0) is 18.3 Å². The zero-order chi connectivity index (χ0) is 10.0. The largest absolute Gasteiger partial charge is 0.392 e. The molecule has 0 spiro atoms. The van der Waals surface area contributed by atoms with E-state index >= 15 is 0 Å². The monoisotopic (exact) mass is 183 g/mol. The minimum absolute atomic E-state index is 0.0221. The Hall–Kier alpha value is -0.700. The van der Waals surface area contributed by atoms with E-state index in [1.807, 2.05) is 13.8 Å². The molecule has 0 heterocycles. The first kappa shape index (κ1) is 10.4. The Morgan fingerprint density at radius 3 is 2.54 bits per heavy atom. The summed E-state index contributed by atoms with van der Waals surface area (Å²) in [6, 6.07) is -0.165. The maximum absolute atomic E-state index is 10.5. The molecule has 0 aromatic carbocycles. The van der Waals surface area contributed by atoms with Crippen LogP contribution in [0.5, 0.6) is 0 Å². The molecule has 5 atom stereocenters. The van der Waals surface area contributed by atoms with E-state index < -0.39 is 0 Å². The average molecular weight is 183 g/mol. The third-order valence-corrected chi connectivity index (χ3v) is 3.37. The topological polar surface area (TPSA) is 49.7 Å². The molecular weight excluding hydrogens is 166 g/mol. The van der Waals surface area contributed by atoms with E-state index in [9.17, 15) is 10.0 Å². The van der Waals surface area contributed by atoms with Crippen LogP contribution in [0.15, 0.2) is 17.8 Å². The highest BCUT2D eigenvalue weighted by molar-refractivity contribution is 4.98. The quantitative estimate of drug-likeness (QED) is 0.525. The van der Waals surface area contributed by atoms with Crippen molar-refractivity contribution in [3.05, 3.63) is 17.6 Å². The highest BCUT2D eigenvalue weighted by Crippen LogP contribution is 2.36. The molecule has 3 nitrogen and oxygen atoms in total. The Labute approximate surface area is 78.8 Å². The molecule has 0 aromatic heterocycles. The van der Waals surface area contributed by atoms with Gasteiger partial charge < -0.3 is 5.11 Å². The number of aliphatic hydroxyl groups is 1. The molecule has 1 aliphatic carbocycles. The number of nitroso groups, excluding NO2 is 1. The van der Waals surface area contributed by atoms with Crippen molar-refractivity contribution in [2.45, 2.75) is 32.4 Å². The summed E-state index contributed by atoms with van der Waals surface area (Å²) in [5, 5.41) is 12.9. The maximum Gasteiger partial charge on any atom is 0.0955 e. The van der Waals surface area contributed by atoms with Gasteiger partial charge in [-0.25, -0.2) is 0 Å². The van der Waals surface area contributed by atoms with Crippen LogP contribution >= 0.6 is 0 Å². The van der Waals surface area contributed by atoms with Crippen LogP contribution in [0, 0.1) is 22.7 Å². The molecular formula is C10H17NO2. The number of aliphatic hydroxyl groups excluding tert-OH is 1. The first-order chi connectivity index (χ1) is 6.11. The molecule has 1 N–H and O–H groups in total. The fraction of sp³-hybridized carbons (Fsp3) is 0.800. The molecule has 1 rings (SSSR count). The minimum atomic E-state index is -0.370. The Kier molecular flexibility index (Phi) is 3.20. The summed E-state index contributed by atoms with van der Waals surface area (Å²) in [5.74, 6) is 0.317. The Morgan fingerprint density at radius 2 is 2.08 bits per heavy atom. The van der Waals surface area contributed by atoms with E-state index in [4.69, 9.17) is 0 Å². The van der Waals surface area contributed by atoms with Crippen molar-refractivity contribution in [1.82, 2.24) is 0 Å². The molecule has 0 saturated heterocycles. The molecule has 0 aromatic rings. The van der Waals surface area contributed by atoms with Gasteiger partial charge >= 0.3 is 0 Å². The van der Waals surface area contributed by atoms with Crippen LogP contribution in [0.25, 0.3) is 0 Å². The van der Waals surface area contributed by atoms with Crippen molar-refractivity contribution in [3.63, 3.8) is 0 Å². The van der Waals surface area contributed by atoms with Gasteiger partial charge in [0.2, 0.25) is 0 Å². The van der Waals surface area contributed by atoms with Crippen LogP contribution in [0.3, 0.4) is 0 Å². The fourth-order valence-electron chi connectivity index (χ4n) is 2.06. The van der Waals surface area contributed by atoms with Crippen molar-refractivity contribution in [1.29, 1.82) is 0 Å². The predicted molar refractivity (Wildman–Crippen MR) is 52.2 cm³/mol. The number of rotatable bonds is 2. The molecule has 1 saturated carbocycles. The van der Waals surface area contributed by atoms with Crippen LogP contribution in [0.4, 0.5) is 0 Å². The minimum Gasteiger partial charge on any atom is -0.392 e. The van der Waals surface area contributed by atoms with E-state index in [1.165, 1.54) is 0 Å². The van der Waals surface area contributed by atoms with E-state index in [-0.39, 0.29) is 29.9 Å². The van der Waals surface area contributed by atoms with Gasteiger partial charge in [-0.15, -0.1) is 6.58 Å². The zero-order valence-electron chi connectivity index (χ0n) is 8.18. The molecule has 5 unspecified atom stereocenters. The van der Waals surface area contributed by atoms with Crippen molar-refractivity contribution in [2.75, 3.05) is 0 Å². The lowest BCUT2D eigenvalue weighted by atomic mass is 9.71. The van der Waals surface area contributed by atoms with Gasteiger partial charge in [0, 0.05) is 5.92 Å². The van der Waals surface area contributed by atoms with Gasteiger partial charge in [-0.1, -0.05) is 25.1 Å². The summed E-state index contributed by atoms with van der Waals surface area (Å²) in [5.41, 5.74) is 0. The van der Waals surface area contributed by atoms with Crippen molar-refractivity contribution < 1.29 is 5.11 Å². The van der Waals surface area contributed by atoms with Gasteiger partial charge in [0.1, 0.15) is 0 Å². The molecule has 0 radical (unpaired) electrons. The zero-order valence-corrected chi connectivity index (χ0v) is 8.18. The maximum atomic E-state index is 10.5. The average Bonchev–Trinajstić information content (AvgIpc) is 2.15. The third kappa shape index (κ3) is 1.80. The Bertz CT molecular complexity index is 185. The van der Waals surface area contributed by atoms with Crippen LogP contribution in [-0.4, -0.2) is 17.3 Å². The SMILES string of the molecule is C=CC1CC(N=O)C(C)C(C)C1O. The van der Waals surface area contributed by atoms with E-state index in [0.717, 1.165) is 0 Å². The van der Waals surface area contributed by atoms with Crippen LogP contribution in [0.1, 0.15) is 20.3 Å². The summed E-state index contributed by atoms with van der Waals surface area (Å²) in [7, 11) is 0. The molecule has 3 heteroatoms. The van der Waals surface area contributed by atoms with Gasteiger partial charge in [0.05, 0.1) is 12.1 Å². The second-order valence-corrected chi connectivity index (χ2v) is 4.02. The van der Waals surface area contributed by atoms with E-state index in [2.05, 4.69) is 11.8 Å². The molecule has 1 fully saturated rings. The van der Waals surface area contributed by atoms with E-state index in [1.54, 1.807) is 6.08 Å². The van der Waals surface area contributed by atoms with Crippen molar-refractivity contribution >= 4 is 0 Å². The fourth-order valence-corrected chi connectivity index (χ4v) is 2.06. The van der Waals surface area contributed by atoms with Gasteiger partial charge in [0.15, 0.2) is 0 Å². The third-order valence-electron chi connectivity index (χ3n) is 3.37. The smallest absolute Gasteiger partial charge is 0.0955 e. The molecule has 1 aliphatic rings. The first-order valence-electron chi connectivity index (χ1n) is 4.75. The van der Waals surface area contributed by atoms with Crippen LogP contribution in [0.2, 0.25) is 0 Å². The standard InChI is InChI=1S/C10H17NO2/c1-4-8-5-9(11-13)6(2)7(3)10(8)12/h4,6-10,12H,1,5H2,2-3H3. The predicted octanol–water partition coefficient (Wildman–Crippen LogP) is 1.96. The van der Waals surface area contributed by atoms with Crippen molar-refractivity contribution in [2.24, 2.45) is 22.9 Å². The Balaban J connectivity index is 2.77. The van der Waals surface area contributed by atoms with Gasteiger partial charge in [-0.3, -0.25) is 0 Å². The summed E-state index contributed by atoms with van der Waals surface area (Å²) in [4.78, 5) is 10.5. The molecule has 0 bridgehead atoms. The normalized spacial score (nSPS) is 45.6. The number of nitrogens with zero attached hydrogens (tertiary/aromatic N) is 1. The summed E-state index contributed by atoms with van der Waals surface area (Å²) < 4.78 is 0. The first-order valence-corrected chi connectivity index (χ1v) is 4.75. The summed E-state index contributed by atoms with van der Waals surface area (Å²) in [6.45, 7) is 7.59. The summed E-state index contributed by atoms with van der Waals surface area (Å²) in [6.07, 6.45) is 2.00. The lowest BCUT2D eigenvalue weighted by molar-refractivity contribution is 0.00772. The molecule has 0 amide bonds. The Morgan fingerprint density at radius 1 is 1.46 bits per heavy atom. The highest BCUT2D eigenvalue weighted by Gasteiger charge is 2.38. The summed E-state index contributed by atoms with van der Waals surface area (Å²) >= 11 is 0. The van der Waals surface area contributed by atoms with Gasteiger partial charge in [-0.2, -0.15) is 4.91 Å². The van der Waals surface area contributed by atoms with Crippen molar-refractivity contribution in [3.8, 4) is 0 Å². The highest BCUT2D eigenvalue weighted by atomic mass is 16.3. The van der Waals surface area contributed by atoms with E-state index in [0.29, 0.717) is 6.42 Å². The number of hydrogen-bond acceptors (Lipinski definition) is 3. The second-order valence-electron chi connectivity index (χ2n) is 4.02.